The van der Waals surface area contributed by atoms with Crippen LogP contribution in [0.5, 0.6) is 11.5 Å². The number of benzene rings is 2. The Morgan fingerprint density at radius 2 is 1.58 bits per heavy atom. The molecule has 0 bridgehead atoms. The molecule has 0 unspecified atom stereocenters. The molecule has 0 atom stereocenters. The first kappa shape index (κ1) is 24.7. The van der Waals surface area contributed by atoms with Gasteiger partial charge in [0.15, 0.2) is 11.5 Å². The highest BCUT2D eigenvalue weighted by atomic mass is 16.5. The van der Waals surface area contributed by atoms with Gasteiger partial charge in [-0.25, -0.2) is 0 Å². The van der Waals surface area contributed by atoms with Gasteiger partial charge in [0.2, 0.25) is 5.91 Å². The molecule has 2 aromatic carbocycles. The van der Waals surface area contributed by atoms with Gasteiger partial charge >= 0.3 is 0 Å². The zero-order valence-corrected chi connectivity index (χ0v) is 18.5. The second-order valence-electron chi connectivity index (χ2n) is 7.05. The third-order valence-electron chi connectivity index (χ3n) is 4.70. The van der Waals surface area contributed by atoms with Crippen molar-refractivity contribution >= 4 is 11.6 Å². The molecule has 0 spiro atoms. The number of carbonyl (C=O) groups is 1. The largest absolute Gasteiger partial charge is 0.493 e. The van der Waals surface area contributed by atoms with E-state index < -0.39 is 0 Å². The van der Waals surface area contributed by atoms with Crippen LogP contribution in [0, 0.1) is 0 Å². The Morgan fingerprint density at radius 3 is 2.29 bits per heavy atom. The molecule has 0 heterocycles. The maximum Gasteiger partial charge on any atom is 0.226 e. The number of amides is 1. The van der Waals surface area contributed by atoms with Gasteiger partial charge in [0.1, 0.15) is 0 Å². The average molecular weight is 431 g/mol. The van der Waals surface area contributed by atoms with Crippen LogP contribution < -0.4 is 20.5 Å². The number of rotatable bonds is 15. The summed E-state index contributed by atoms with van der Waals surface area (Å²) in [6, 6.07) is 14.0. The van der Waals surface area contributed by atoms with Crippen molar-refractivity contribution in [1.29, 1.82) is 0 Å². The predicted octanol–water partition coefficient (Wildman–Crippen LogP) is 3.20. The lowest BCUT2D eigenvalue weighted by Crippen LogP contribution is -2.16. The standard InChI is InChI=1S/C24H34N2O5/c1-28-22-10-9-20(18-23(22)29-2)6-3-5-19-7-4-8-21(17-19)26-24(27)11-13-30-15-16-31-14-12-25/h4,7-10,17-18H,3,5-6,11-16,25H2,1-2H3,(H,26,27). The molecule has 1 amide bonds. The molecule has 0 aliphatic carbocycles. The van der Waals surface area contributed by atoms with Crippen LogP contribution in [0.4, 0.5) is 5.69 Å². The number of anilines is 1. The van der Waals surface area contributed by atoms with E-state index in [0.717, 1.165) is 36.4 Å². The second-order valence-corrected chi connectivity index (χ2v) is 7.05. The molecule has 170 valence electrons. The van der Waals surface area contributed by atoms with Gasteiger partial charge in [0.05, 0.1) is 47.1 Å². The molecule has 0 aromatic heterocycles. The third-order valence-corrected chi connectivity index (χ3v) is 4.70. The second kappa shape index (κ2) is 14.4. The van der Waals surface area contributed by atoms with E-state index in [-0.39, 0.29) is 5.91 Å². The zero-order chi connectivity index (χ0) is 22.3. The fraction of sp³-hybridized carbons (Fsp3) is 0.458. The van der Waals surface area contributed by atoms with Crippen LogP contribution in [-0.4, -0.2) is 53.1 Å². The Labute approximate surface area is 184 Å². The van der Waals surface area contributed by atoms with Crippen molar-refractivity contribution in [3.05, 3.63) is 53.6 Å². The lowest BCUT2D eigenvalue weighted by Gasteiger charge is -2.10. The fourth-order valence-electron chi connectivity index (χ4n) is 3.13. The van der Waals surface area contributed by atoms with Gasteiger partial charge in [-0.05, 0) is 54.7 Å². The van der Waals surface area contributed by atoms with Crippen LogP contribution in [0.25, 0.3) is 0 Å². The quantitative estimate of drug-likeness (QED) is 0.422. The SMILES string of the molecule is COc1ccc(CCCc2cccc(NC(=O)CCOCCOCCN)c2)cc1OC. The van der Waals surface area contributed by atoms with Gasteiger partial charge < -0.3 is 30.0 Å². The number of carbonyl (C=O) groups excluding carboxylic acids is 1. The lowest BCUT2D eigenvalue weighted by atomic mass is 10.0. The maximum atomic E-state index is 12.1. The van der Waals surface area contributed by atoms with Gasteiger partial charge in [-0.2, -0.15) is 0 Å². The van der Waals surface area contributed by atoms with Crippen LogP contribution in [-0.2, 0) is 27.1 Å². The van der Waals surface area contributed by atoms with Gasteiger partial charge in [0, 0.05) is 12.2 Å². The molecule has 7 heteroatoms. The number of ether oxygens (including phenoxy) is 4. The highest BCUT2D eigenvalue weighted by Gasteiger charge is 2.06. The zero-order valence-electron chi connectivity index (χ0n) is 18.5. The van der Waals surface area contributed by atoms with Crippen molar-refractivity contribution in [1.82, 2.24) is 0 Å². The molecule has 0 saturated heterocycles. The lowest BCUT2D eigenvalue weighted by molar-refractivity contribution is -0.117. The summed E-state index contributed by atoms with van der Waals surface area (Å²) in [4.78, 5) is 12.1. The van der Waals surface area contributed by atoms with Crippen molar-refractivity contribution in [2.75, 3.05) is 52.5 Å². The highest BCUT2D eigenvalue weighted by Crippen LogP contribution is 2.28. The Hall–Kier alpha value is -2.61. The molecule has 0 radical (unpaired) electrons. The Morgan fingerprint density at radius 1 is 0.871 bits per heavy atom. The van der Waals surface area contributed by atoms with Gasteiger partial charge in [0.25, 0.3) is 0 Å². The maximum absolute atomic E-state index is 12.1. The summed E-state index contributed by atoms with van der Waals surface area (Å²) >= 11 is 0. The smallest absolute Gasteiger partial charge is 0.226 e. The minimum atomic E-state index is -0.0645. The number of hydrogen-bond acceptors (Lipinski definition) is 6. The number of hydrogen-bond donors (Lipinski definition) is 2. The van der Waals surface area contributed by atoms with E-state index in [1.807, 2.05) is 30.3 Å². The first-order valence-electron chi connectivity index (χ1n) is 10.6. The minimum Gasteiger partial charge on any atom is -0.493 e. The number of methoxy groups -OCH3 is 2. The van der Waals surface area contributed by atoms with E-state index in [4.69, 9.17) is 24.7 Å². The Kier molecular flexibility index (Phi) is 11.5. The molecule has 0 fully saturated rings. The van der Waals surface area contributed by atoms with E-state index in [9.17, 15) is 4.79 Å². The first-order valence-corrected chi connectivity index (χ1v) is 10.6. The summed E-state index contributed by atoms with van der Waals surface area (Å²) in [6.45, 7) is 2.34. The van der Waals surface area contributed by atoms with E-state index >= 15 is 0 Å². The summed E-state index contributed by atoms with van der Waals surface area (Å²) in [7, 11) is 3.28. The van der Waals surface area contributed by atoms with E-state index in [1.54, 1.807) is 14.2 Å². The molecular weight excluding hydrogens is 396 g/mol. The van der Waals surface area contributed by atoms with E-state index in [0.29, 0.717) is 39.4 Å². The van der Waals surface area contributed by atoms with Crippen molar-refractivity contribution in [2.24, 2.45) is 5.73 Å². The van der Waals surface area contributed by atoms with Gasteiger partial charge in [-0.1, -0.05) is 18.2 Å². The summed E-state index contributed by atoms with van der Waals surface area (Å²) in [6.07, 6.45) is 3.15. The molecule has 0 saturated carbocycles. The molecule has 2 aromatic rings. The summed E-state index contributed by atoms with van der Waals surface area (Å²) in [5.41, 5.74) is 8.54. The van der Waals surface area contributed by atoms with Gasteiger partial charge in [-0.3, -0.25) is 4.79 Å². The molecule has 0 aliphatic heterocycles. The average Bonchev–Trinajstić information content (AvgIpc) is 2.78. The summed E-state index contributed by atoms with van der Waals surface area (Å²) in [5, 5.41) is 2.93. The molecule has 0 aliphatic rings. The minimum absolute atomic E-state index is 0.0645. The van der Waals surface area contributed by atoms with Crippen molar-refractivity contribution in [2.45, 2.75) is 25.7 Å². The first-order chi connectivity index (χ1) is 15.2. The van der Waals surface area contributed by atoms with Crippen LogP contribution in [0.3, 0.4) is 0 Å². The number of aryl methyl sites for hydroxylation is 2. The topological polar surface area (TPSA) is 92.0 Å². The molecular formula is C24H34N2O5. The van der Waals surface area contributed by atoms with Crippen molar-refractivity contribution in [3.63, 3.8) is 0 Å². The number of nitrogens with two attached hydrogens (primary N) is 1. The van der Waals surface area contributed by atoms with E-state index in [1.165, 1.54) is 11.1 Å². The van der Waals surface area contributed by atoms with E-state index in [2.05, 4.69) is 17.4 Å². The summed E-state index contributed by atoms with van der Waals surface area (Å²) < 4.78 is 21.3. The van der Waals surface area contributed by atoms with Crippen LogP contribution >= 0.6 is 0 Å². The van der Waals surface area contributed by atoms with Crippen LogP contribution in [0.15, 0.2) is 42.5 Å². The van der Waals surface area contributed by atoms with Gasteiger partial charge in [-0.15, -0.1) is 0 Å². The number of nitrogens with one attached hydrogen (secondary N) is 1. The molecule has 2 rings (SSSR count). The van der Waals surface area contributed by atoms with Crippen LogP contribution in [0.1, 0.15) is 24.0 Å². The Balaban J connectivity index is 1.72. The fourth-order valence-corrected chi connectivity index (χ4v) is 3.13. The van der Waals surface area contributed by atoms with Crippen molar-refractivity contribution in [3.8, 4) is 11.5 Å². The third kappa shape index (κ3) is 9.38. The van der Waals surface area contributed by atoms with Crippen molar-refractivity contribution < 1.29 is 23.7 Å². The monoisotopic (exact) mass is 430 g/mol. The molecule has 31 heavy (non-hydrogen) atoms. The Bertz CT molecular complexity index is 797. The van der Waals surface area contributed by atoms with Crippen LogP contribution in [0.2, 0.25) is 0 Å². The predicted molar refractivity (Wildman–Crippen MR) is 122 cm³/mol. The molecule has 3 N–H and O–H groups in total. The normalized spacial score (nSPS) is 10.7. The highest BCUT2D eigenvalue weighted by molar-refractivity contribution is 5.90. The molecule has 7 nitrogen and oxygen atoms in total. The summed E-state index contributed by atoms with van der Waals surface area (Å²) in [5.74, 6) is 1.42.